The van der Waals surface area contributed by atoms with Crippen LogP contribution in [0.4, 0.5) is 0 Å². The fourth-order valence-corrected chi connectivity index (χ4v) is 4.04. The van der Waals surface area contributed by atoms with E-state index in [9.17, 15) is 25.2 Å². The van der Waals surface area contributed by atoms with E-state index in [2.05, 4.69) is 0 Å². The van der Waals surface area contributed by atoms with E-state index >= 15 is 0 Å². The molecule has 4 N–H and O–H groups in total. The van der Waals surface area contributed by atoms with E-state index in [4.69, 9.17) is 4.74 Å². The number of esters is 1. The van der Waals surface area contributed by atoms with Gasteiger partial charge in [0.2, 0.25) is 0 Å². The van der Waals surface area contributed by atoms with Crippen molar-refractivity contribution in [2.75, 3.05) is 0 Å². The Hall–Kier alpha value is -0.950. The van der Waals surface area contributed by atoms with Crippen LogP contribution in [0.3, 0.4) is 0 Å². The van der Waals surface area contributed by atoms with Crippen molar-refractivity contribution in [2.24, 2.45) is 0 Å². The van der Waals surface area contributed by atoms with Crippen molar-refractivity contribution in [3.8, 4) is 0 Å². The van der Waals surface area contributed by atoms with Crippen molar-refractivity contribution < 1.29 is 30.0 Å². The summed E-state index contributed by atoms with van der Waals surface area (Å²) in [6.45, 7) is 1.70. The fraction of sp³-hybridized carbons (Fsp3) is 0.875. The van der Waals surface area contributed by atoms with Gasteiger partial charge in [-0.3, -0.25) is 0 Å². The van der Waals surface area contributed by atoms with Gasteiger partial charge in [-0.1, -0.05) is 64.2 Å². The molecule has 5 unspecified atom stereocenters. The zero-order chi connectivity index (χ0) is 22.2. The van der Waals surface area contributed by atoms with Gasteiger partial charge in [-0.05, 0) is 32.3 Å². The van der Waals surface area contributed by atoms with Gasteiger partial charge in [-0.25, -0.2) is 4.79 Å². The number of cyclic esters (lactones) is 1. The zero-order valence-corrected chi connectivity index (χ0v) is 18.8. The first-order valence-corrected chi connectivity index (χ1v) is 12.0. The maximum Gasteiger partial charge on any atom is 0.330 e. The third-order valence-corrected chi connectivity index (χ3v) is 5.76. The molecule has 30 heavy (non-hydrogen) atoms. The molecule has 1 aliphatic heterocycles. The van der Waals surface area contributed by atoms with Crippen molar-refractivity contribution in [1.82, 2.24) is 0 Å². The molecule has 0 radical (unpaired) electrons. The van der Waals surface area contributed by atoms with Crippen LogP contribution in [-0.2, 0) is 9.53 Å². The third-order valence-electron chi connectivity index (χ3n) is 5.76. The van der Waals surface area contributed by atoms with Gasteiger partial charge in [0, 0.05) is 18.9 Å². The summed E-state index contributed by atoms with van der Waals surface area (Å²) < 4.78 is 5.23. The molecule has 0 aromatic rings. The molecule has 0 amide bonds. The van der Waals surface area contributed by atoms with Crippen LogP contribution in [0.2, 0.25) is 0 Å². The molecule has 0 aromatic carbocycles. The molecule has 0 bridgehead atoms. The average molecular weight is 429 g/mol. The van der Waals surface area contributed by atoms with Gasteiger partial charge in [0.15, 0.2) is 0 Å². The van der Waals surface area contributed by atoms with Crippen LogP contribution in [0.15, 0.2) is 12.2 Å². The SMILES string of the molecule is CC1CC(O)CC(O)CCCCCCCCCCCCC(O)CC(O)C=CC(=O)O1. The van der Waals surface area contributed by atoms with Gasteiger partial charge < -0.3 is 25.2 Å². The number of hydrogen-bond donors (Lipinski definition) is 4. The van der Waals surface area contributed by atoms with Crippen molar-refractivity contribution in [3.05, 3.63) is 12.2 Å². The molecular formula is C24H44O6. The summed E-state index contributed by atoms with van der Waals surface area (Å²) in [6, 6.07) is 0. The maximum atomic E-state index is 11.9. The van der Waals surface area contributed by atoms with E-state index < -0.39 is 36.5 Å². The Kier molecular flexibility index (Phi) is 15.1. The molecule has 0 spiro atoms. The van der Waals surface area contributed by atoms with Gasteiger partial charge in [0.1, 0.15) is 6.10 Å². The molecule has 0 saturated carbocycles. The van der Waals surface area contributed by atoms with Crippen LogP contribution in [0, 0.1) is 0 Å². The van der Waals surface area contributed by atoms with E-state index in [1.165, 1.54) is 50.7 Å². The minimum atomic E-state index is -0.894. The Morgan fingerprint density at radius 1 is 0.700 bits per heavy atom. The standard InChI is InChI=1S/C24H44O6/c1-19-16-23(28)18-21(26)13-11-9-7-5-3-2-4-6-8-10-12-20(25)17-22(27)14-15-24(29)30-19/h14-15,19-23,25-28H,2-13,16-18H2,1H3. The molecule has 1 rings (SSSR count). The number of ether oxygens (including phenoxy) is 1. The number of carbonyl (C=O) groups excluding carboxylic acids is 1. The lowest BCUT2D eigenvalue weighted by Gasteiger charge is -2.19. The van der Waals surface area contributed by atoms with Crippen molar-refractivity contribution in [3.63, 3.8) is 0 Å². The first-order valence-electron chi connectivity index (χ1n) is 12.0. The lowest BCUT2D eigenvalue weighted by Crippen LogP contribution is -2.24. The highest BCUT2D eigenvalue weighted by molar-refractivity contribution is 5.82. The predicted molar refractivity (Wildman–Crippen MR) is 118 cm³/mol. The molecule has 6 nitrogen and oxygen atoms in total. The Labute approximate surface area is 182 Å². The monoisotopic (exact) mass is 428 g/mol. The molecular weight excluding hydrogens is 384 g/mol. The second kappa shape index (κ2) is 16.7. The van der Waals surface area contributed by atoms with Crippen LogP contribution in [-0.4, -0.2) is 56.9 Å². The predicted octanol–water partition coefficient (Wildman–Crippen LogP) is 3.78. The molecule has 1 aliphatic rings. The Morgan fingerprint density at radius 3 is 1.70 bits per heavy atom. The van der Waals surface area contributed by atoms with Gasteiger partial charge in [-0.15, -0.1) is 0 Å². The normalized spacial score (nSPS) is 33.4. The molecule has 1 heterocycles. The average Bonchev–Trinajstić information content (AvgIpc) is 2.66. The highest BCUT2D eigenvalue weighted by Gasteiger charge is 2.17. The van der Waals surface area contributed by atoms with Crippen molar-refractivity contribution >= 4 is 5.97 Å². The number of aliphatic hydroxyl groups is 4. The van der Waals surface area contributed by atoms with Gasteiger partial charge in [-0.2, -0.15) is 0 Å². The molecule has 0 aromatic heterocycles. The summed E-state index contributed by atoms with van der Waals surface area (Å²) >= 11 is 0. The molecule has 0 saturated heterocycles. The van der Waals surface area contributed by atoms with Gasteiger partial charge in [0.25, 0.3) is 0 Å². The topological polar surface area (TPSA) is 107 Å². The highest BCUT2D eigenvalue weighted by atomic mass is 16.5. The van der Waals surface area contributed by atoms with Gasteiger partial charge in [0.05, 0.1) is 24.4 Å². The number of rotatable bonds is 0. The maximum absolute atomic E-state index is 11.9. The largest absolute Gasteiger partial charge is 0.459 e. The molecule has 0 aliphatic carbocycles. The lowest BCUT2D eigenvalue weighted by molar-refractivity contribution is -0.143. The van der Waals surface area contributed by atoms with E-state index in [0.717, 1.165) is 25.7 Å². The molecule has 5 atom stereocenters. The minimum Gasteiger partial charge on any atom is -0.459 e. The Balaban J connectivity index is 2.49. The first kappa shape index (κ1) is 27.1. The summed E-state index contributed by atoms with van der Waals surface area (Å²) in [5, 5.41) is 40.3. The summed E-state index contributed by atoms with van der Waals surface area (Å²) in [6.07, 6.45) is 12.8. The second-order valence-corrected chi connectivity index (χ2v) is 8.96. The van der Waals surface area contributed by atoms with Crippen LogP contribution in [0.25, 0.3) is 0 Å². The second-order valence-electron chi connectivity index (χ2n) is 8.96. The summed E-state index contributed by atoms with van der Waals surface area (Å²) in [5.74, 6) is -0.585. The number of aliphatic hydroxyl groups excluding tert-OH is 4. The van der Waals surface area contributed by atoms with Crippen molar-refractivity contribution in [1.29, 1.82) is 0 Å². The highest BCUT2D eigenvalue weighted by Crippen LogP contribution is 2.16. The summed E-state index contributed by atoms with van der Waals surface area (Å²) in [4.78, 5) is 11.9. The molecule has 6 heteroatoms. The summed E-state index contributed by atoms with van der Waals surface area (Å²) in [7, 11) is 0. The van der Waals surface area contributed by atoms with E-state index in [-0.39, 0.29) is 19.3 Å². The Morgan fingerprint density at radius 2 is 1.17 bits per heavy atom. The molecule has 0 fully saturated rings. The zero-order valence-electron chi connectivity index (χ0n) is 18.8. The Bertz CT molecular complexity index is 467. The summed E-state index contributed by atoms with van der Waals surface area (Å²) in [5.41, 5.74) is 0. The van der Waals surface area contributed by atoms with Crippen LogP contribution in [0.1, 0.15) is 103 Å². The minimum absolute atomic E-state index is 0.204. The lowest BCUT2D eigenvalue weighted by atomic mass is 10.00. The van der Waals surface area contributed by atoms with E-state index in [0.29, 0.717) is 12.8 Å². The number of hydrogen-bond acceptors (Lipinski definition) is 6. The van der Waals surface area contributed by atoms with Crippen LogP contribution in [0.5, 0.6) is 0 Å². The fourth-order valence-electron chi connectivity index (χ4n) is 4.04. The van der Waals surface area contributed by atoms with E-state index in [1.54, 1.807) is 6.92 Å². The first-order chi connectivity index (χ1) is 14.4. The van der Waals surface area contributed by atoms with Crippen LogP contribution >= 0.6 is 0 Å². The third kappa shape index (κ3) is 14.9. The number of carbonyl (C=O) groups is 1. The van der Waals surface area contributed by atoms with Crippen LogP contribution < -0.4 is 0 Å². The molecule has 176 valence electrons. The quantitative estimate of drug-likeness (QED) is 0.437. The smallest absolute Gasteiger partial charge is 0.330 e. The van der Waals surface area contributed by atoms with Gasteiger partial charge >= 0.3 is 5.97 Å². The van der Waals surface area contributed by atoms with Crippen molar-refractivity contribution in [2.45, 2.75) is 134 Å². The van der Waals surface area contributed by atoms with E-state index in [1.807, 2.05) is 0 Å².